The summed E-state index contributed by atoms with van der Waals surface area (Å²) in [4.78, 5) is 13.4. The van der Waals surface area contributed by atoms with E-state index < -0.39 is 5.60 Å². The van der Waals surface area contributed by atoms with Gasteiger partial charge in [0.15, 0.2) is 5.78 Å². The standard InChI is InChI=1S/C27H37N3O3/c1-16-27-9-8-25(2,32)11-22(27)24(33-16)10-18-19-4-5-21(26(19,3)7-6-20(18)27)23(31)15-30-14-17(12-28)13-29-30/h13-14,16,18-22,24,32H,4-11,15H2,1-3H3/t16-,18+,19+,20?,21-,22?,24-,25-,26+,27+/m1/s1. The Balaban J connectivity index is 1.25. The van der Waals surface area contributed by atoms with Gasteiger partial charge >= 0.3 is 0 Å². The first kappa shape index (κ1) is 21.8. The van der Waals surface area contributed by atoms with Gasteiger partial charge in [-0.3, -0.25) is 9.48 Å². The number of carbonyl (C=O) groups excluding carboxylic acids is 1. The Morgan fingerprint density at radius 2 is 2.06 bits per heavy atom. The molecule has 0 spiro atoms. The molecule has 2 unspecified atom stereocenters. The fourth-order valence-corrected chi connectivity index (χ4v) is 9.74. The van der Waals surface area contributed by atoms with E-state index in [0.717, 1.165) is 44.9 Å². The van der Waals surface area contributed by atoms with Crippen LogP contribution in [0.1, 0.15) is 77.7 Å². The van der Waals surface area contributed by atoms with Crippen molar-refractivity contribution in [3.8, 4) is 6.07 Å². The summed E-state index contributed by atoms with van der Waals surface area (Å²) in [5.74, 6) is 2.70. The second kappa shape index (κ2) is 7.15. The molecule has 0 radical (unpaired) electrons. The first-order chi connectivity index (χ1) is 15.7. The zero-order valence-corrected chi connectivity index (χ0v) is 20.2. The fraction of sp³-hybridized carbons (Fsp3) is 0.815. The van der Waals surface area contributed by atoms with Gasteiger partial charge in [-0.1, -0.05) is 6.92 Å². The molecule has 1 aromatic heterocycles. The third-order valence-corrected chi connectivity index (χ3v) is 11.1. The number of ether oxygens (including phenoxy) is 1. The quantitative estimate of drug-likeness (QED) is 0.747. The lowest BCUT2D eigenvalue weighted by Gasteiger charge is -2.61. The van der Waals surface area contributed by atoms with Crippen molar-refractivity contribution >= 4 is 5.78 Å². The highest BCUT2D eigenvalue weighted by atomic mass is 16.5. The molecule has 6 rings (SSSR count). The largest absolute Gasteiger partial charge is 0.390 e. The van der Waals surface area contributed by atoms with Crippen LogP contribution in [-0.4, -0.2) is 38.5 Å². The van der Waals surface area contributed by atoms with Crippen molar-refractivity contribution < 1.29 is 14.6 Å². The third kappa shape index (κ3) is 2.97. The van der Waals surface area contributed by atoms with Crippen molar-refractivity contribution in [2.24, 2.45) is 40.4 Å². The van der Waals surface area contributed by atoms with Crippen LogP contribution >= 0.6 is 0 Å². The van der Waals surface area contributed by atoms with Crippen molar-refractivity contribution in [3.05, 3.63) is 18.0 Å². The lowest BCUT2D eigenvalue weighted by molar-refractivity contribution is -0.148. The van der Waals surface area contributed by atoms with Gasteiger partial charge in [-0.15, -0.1) is 0 Å². The third-order valence-electron chi connectivity index (χ3n) is 11.1. The zero-order chi connectivity index (χ0) is 23.2. The van der Waals surface area contributed by atoms with Gasteiger partial charge in [0.25, 0.3) is 0 Å². The van der Waals surface area contributed by atoms with E-state index in [-0.39, 0.29) is 41.3 Å². The van der Waals surface area contributed by atoms with Crippen LogP contribution in [0.3, 0.4) is 0 Å². The van der Waals surface area contributed by atoms with Crippen molar-refractivity contribution in [1.82, 2.24) is 9.78 Å². The average molecular weight is 452 g/mol. The maximum atomic E-state index is 13.4. The minimum atomic E-state index is -0.557. The van der Waals surface area contributed by atoms with Crippen molar-refractivity contribution in [2.75, 3.05) is 0 Å². The average Bonchev–Trinajstić information content (AvgIpc) is 3.41. The van der Waals surface area contributed by atoms with Crippen LogP contribution in [0.5, 0.6) is 0 Å². The second-order valence-electron chi connectivity index (χ2n) is 12.5. The Bertz CT molecular complexity index is 1010. The normalized spacial score (nSPS) is 50.2. The number of hydrogen-bond acceptors (Lipinski definition) is 5. The molecule has 5 fully saturated rings. The molecule has 2 heterocycles. The van der Waals surface area contributed by atoms with E-state index in [1.807, 2.05) is 6.92 Å². The maximum absolute atomic E-state index is 13.4. The number of hydrogen-bond donors (Lipinski definition) is 1. The predicted octanol–water partition coefficient (Wildman–Crippen LogP) is 4.11. The Kier molecular flexibility index (Phi) is 4.72. The minimum Gasteiger partial charge on any atom is -0.390 e. The molecule has 1 saturated heterocycles. The van der Waals surface area contributed by atoms with E-state index in [1.165, 1.54) is 12.6 Å². The molecule has 4 aliphatic carbocycles. The van der Waals surface area contributed by atoms with Crippen molar-refractivity contribution in [1.29, 1.82) is 5.26 Å². The number of nitrogens with zero attached hydrogens (tertiary/aromatic N) is 3. The van der Waals surface area contributed by atoms with Gasteiger partial charge in [-0.2, -0.15) is 10.4 Å². The first-order valence-corrected chi connectivity index (χ1v) is 13.0. The summed E-state index contributed by atoms with van der Waals surface area (Å²) in [5, 5.41) is 24.1. The van der Waals surface area contributed by atoms with Gasteiger partial charge in [0.2, 0.25) is 0 Å². The molecule has 33 heavy (non-hydrogen) atoms. The highest BCUT2D eigenvalue weighted by Crippen LogP contribution is 2.71. The number of nitriles is 1. The Morgan fingerprint density at radius 1 is 1.24 bits per heavy atom. The number of carbonyl (C=O) groups is 1. The minimum absolute atomic E-state index is 0.0514. The number of aromatic nitrogens is 2. The molecule has 6 nitrogen and oxygen atoms in total. The molecule has 0 amide bonds. The molecular weight excluding hydrogens is 414 g/mol. The summed E-state index contributed by atoms with van der Waals surface area (Å²) in [7, 11) is 0. The van der Waals surface area contributed by atoms with Gasteiger partial charge in [0.1, 0.15) is 6.07 Å². The summed E-state index contributed by atoms with van der Waals surface area (Å²) in [5.41, 5.74) is 0.210. The summed E-state index contributed by atoms with van der Waals surface area (Å²) < 4.78 is 8.28. The first-order valence-electron chi connectivity index (χ1n) is 13.0. The molecule has 0 aromatic carbocycles. The monoisotopic (exact) mass is 451 g/mol. The smallest absolute Gasteiger partial charge is 0.157 e. The summed E-state index contributed by atoms with van der Waals surface area (Å²) >= 11 is 0. The Labute approximate surface area is 196 Å². The van der Waals surface area contributed by atoms with E-state index in [1.54, 1.807) is 10.9 Å². The Hall–Kier alpha value is -1.71. The predicted molar refractivity (Wildman–Crippen MR) is 122 cm³/mol. The lowest BCUT2D eigenvalue weighted by Crippen LogP contribution is -2.59. The summed E-state index contributed by atoms with van der Waals surface area (Å²) in [6, 6.07) is 2.10. The Morgan fingerprint density at radius 3 is 2.82 bits per heavy atom. The van der Waals surface area contributed by atoms with E-state index in [4.69, 9.17) is 10.00 Å². The van der Waals surface area contributed by atoms with Crippen molar-refractivity contribution in [3.63, 3.8) is 0 Å². The molecular formula is C27H37N3O3. The number of rotatable bonds is 3. The van der Waals surface area contributed by atoms with Gasteiger partial charge < -0.3 is 9.84 Å². The molecule has 1 aliphatic heterocycles. The molecule has 1 aromatic rings. The lowest BCUT2D eigenvalue weighted by atomic mass is 9.42. The van der Waals surface area contributed by atoms with Gasteiger partial charge in [-0.25, -0.2) is 0 Å². The zero-order valence-electron chi connectivity index (χ0n) is 20.2. The molecule has 6 heteroatoms. The van der Waals surface area contributed by atoms with Crippen LogP contribution < -0.4 is 0 Å². The molecule has 4 saturated carbocycles. The van der Waals surface area contributed by atoms with E-state index in [2.05, 4.69) is 25.0 Å². The van der Waals surface area contributed by atoms with E-state index >= 15 is 0 Å². The number of aliphatic hydroxyl groups is 1. The van der Waals surface area contributed by atoms with Gasteiger partial charge in [-0.05, 0) is 94.3 Å². The highest BCUT2D eigenvalue weighted by molar-refractivity contribution is 5.82. The topological polar surface area (TPSA) is 88.1 Å². The highest BCUT2D eigenvalue weighted by Gasteiger charge is 2.69. The molecule has 178 valence electrons. The maximum Gasteiger partial charge on any atom is 0.157 e. The van der Waals surface area contributed by atoms with Crippen LogP contribution in [0.25, 0.3) is 0 Å². The number of ketones is 1. The van der Waals surface area contributed by atoms with Crippen molar-refractivity contribution in [2.45, 2.75) is 96.5 Å². The number of Topliss-reactive ketones (excluding diaryl/α,β-unsaturated/α-hetero) is 1. The van der Waals surface area contributed by atoms with E-state index in [9.17, 15) is 9.90 Å². The van der Waals surface area contributed by atoms with Gasteiger partial charge in [0, 0.05) is 17.5 Å². The van der Waals surface area contributed by atoms with Crippen LogP contribution in [-0.2, 0) is 16.1 Å². The van der Waals surface area contributed by atoms with Crippen LogP contribution in [0.4, 0.5) is 0 Å². The van der Waals surface area contributed by atoms with Crippen LogP contribution in [0, 0.1) is 51.8 Å². The molecule has 5 aliphatic rings. The molecule has 1 N–H and O–H groups in total. The number of fused-ring (bicyclic) bond motifs is 3. The van der Waals surface area contributed by atoms with Gasteiger partial charge in [0.05, 0.1) is 36.1 Å². The SMILES string of the molecule is C[C@H]1O[C@@H]2C[C@@H]3C(CC[C@]4(C)[C@@H](C(=O)Cn5cc(C#N)cn5)CC[C@@H]34)[C@]13CC[C@@](C)(O)CC23. The molecule has 2 bridgehead atoms. The second-order valence-corrected chi connectivity index (χ2v) is 12.5. The van der Waals surface area contributed by atoms with Crippen LogP contribution in [0.15, 0.2) is 12.4 Å². The summed E-state index contributed by atoms with van der Waals surface area (Å²) in [6.45, 7) is 6.96. The van der Waals surface area contributed by atoms with Crippen LogP contribution in [0.2, 0.25) is 0 Å². The fourth-order valence-electron chi connectivity index (χ4n) is 9.74. The van der Waals surface area contributed by atoms with E-state index in [0.29, 0.717) is 29.2 Å². The summed E-state index contributed by atoms with van der Waals surface area (Å²) in [6.07, 6.45) is 12.1. The molecule has 10 atom stereocenters.